The molecule has 98 valence electrons. The van der Waals surface area contributed by atoms with E-state index >= 15 is 0 Å². The van der Waals surface area contributed by atoms with E-state index < -0.39 is 0 Å². The Hall–Kier alpha value is -1.40. The van der Waals surface area contributed by atoms with Crippen molar-refractivity contribution in [3.63, 3.8) is 0 Å². The molecule has 0 fully saturated rings. The van der Waals surface area contributed by atoms with Crippen molar-refractivity contribution in [1.82, 2.24) is 0 Å². The van der Waals surface area contributed by atoms with Crippen LogP contribution in [-0.4, -0.2) is 5.91 Å². The smallest absolute Gasteiger partial charge is 0.255 e. The molecule has 0 heterocycles. The van der Waals surface area contributed by atoms with Crippen LogP contribution in [0.2, 0.25) is 0 Å². The Kier molecular flexibility index (Phi) is 4.21. The Morgan fingerprint density at radius 2 is 1.89 bits per heavy atom. The molecule has 0 radical (unpaired) electrons. The average molecular weight is 388 g/mol. The summed E-state index contributed by atoms with van der Waals surface area (Å²) in [6, 6.07) is 9.18. The molecule has 3 nitrogen and oxygen atoms in total. The van der Waals surface area contributed by atoms with Gasteiger partial charge in [-0.25, -0.2) is 4.39 Å². The summed E-state index contributed by atoms with van der Waals surface area (Å²) in [4.78, 5) is 12.0. The van der Waals surface area contributed by atoms with Crippen molar-refractivity contribution in [3.8, 4) is 0 Å². The molecule has 0 aromatic heterocycles. The number of rotatable bonds is 2. The number of hydrogen-bond donors (Lipinski definition) is 2. The summed E-state index contributed by atoms with van der Waals surface area (Å²) in [5.41, 5.74) is 7.07. The number of nitrogens with one attached hydrogen (secondary N) is 1. The Bertz CT molecular complexity index is 626. The fraction of sp³-hybridized carbons (Fsp3) is 0. The van der Waals surface area contributed by atoms with E-state index in [0.717, 1.165) is 4.47 Å². The van der Waals surface area contributed by atoms with Gasteiger partial charge < -0.3 is 11.1 Å². The van der Waals surface area contributed by atoms with E-state index in [0.29, 0.717) is 21.4 Å². The summed E-state index contributed by atoms with van der Waals surface area (Å²) in [5.74, 6) is -0.698. The zero-order valence-corrected chi connectivity index (χ0v) is 12.8. The van der Waals surface area contributed by atoms with Crippen molar-refractivity contribution < 1.29 is 9.18 Å². The molecule has 2 rings (SSSR count). The van der Waals surface area contributed by atoms with Gasteiger partial charge in [0.05, 0.1) is 4.47 Å². The summed E-state index contributed by atoms with van der Waals surface area (Å²) in [6.45, 7) is 0. The van der Waals surface area contributed by atoms with Gasteiger partial charge in [-0.2, -0.15) is 0 Å². The highest BCUT2D eigenvalue weighted by molar-refractivity contribution is 9.10. The number of amides is 1. The summed E-state index contributed by atoms with van der Waals surface area (Å²) in [5, 5.41) is 2.67. The van der Waals surface area contributed by atoms with Crippen LogP contribution in [0.4, 0.5) is 15.8 Å². The Morgan fingerprint density at radius 3 is 2.53 bits per heavy atom. The minimum Gasteiger partial charge on any atom is -0.399 e. The van der Waals surface area contributed by atoms with E-state index in [1.165, 1.54) is 18.2 Å². The summed E-state index contributed by atoms with van der Waals surface area (Å²) >= 11 is 6.33. The quantitative estimate of drug-likeness (QED) is 0.759. The van der Waals surface area contributed by atoms with E-state index in [2.05, 4.69) is 37.2 Å². The van der Waals surface area contributed by atoms with Crippen LogP contribution >= 0.6 is 31.9 Å². The lowest BCUT2D eigenvalue weighted by Gasteiger charge is -2.07. The SMILES string of the molecule is Nc1cc(Br)cc(C(=O)Nc2ccc(F)c(Br)c2)c1. The Balaban J connectivity index is 2.22. The van der Waals surface area contributed by atoms with Crippen LogP contribution in [0.1, 0.15) is 10.4 Å². The molecule has 6 heteroatoms. The van der Waals surface area contributed by atoms with Gasteiger partial charge in [0.2, 0.25) is 0 Å². The normalized spacial score (nSPS) is 10.3. The molecular formula is C13H9Br2FN2O. The molecule has 0 unspecified atom stereocenters. The molecule has 0 aliphatic carbocycles. The van der Waals surface area contributed by atoms with Crippen molar-refractivity contribution >= 4 is 49.1 Å². The van der Waals surface area contributed by atoms with Gasteiger partial charge >= 0.3 is 0 Å². The molecule has 2 aromatic rings. The van der Waals surface area contributed by atoms with Crippen molar-refractivity contribution in [2.75, 3.05) is 11.1 Å². The van der Waals surface area contributed by atoms with Crippen molar-refractivity contribution in [1.29, 1.82) is 0 Å². The first-order valence-electron chi connectivity index (χ1n) is 5.28. The second kappa shape index (κ2) is 5.71. The van der Waals surface area contributed by atoms with Crippen LogP contribution in [0.25, 0.3) is 0 Å². The largest absolute Gasteiger partial charge is 0.399 e. The lowest BCUT2D eigenvalue weighted by atomic mass is 10.2. The van der Waals surface area contributed by atoms with Crippen LogP contribution in [0, 0.1) is 5.82 Å². The molecule has 0 aliphatic heterocycles. The third-order valence-corrected chi connectivity index (χ3v) is 3.43. The molecule has 0 atom stereocenters. The number of nitrogen functional groups attached to an aromatic ring is 1. The molecule has 0 saturated heterocycles. The van der Waals surface area contributed by atoms with Gasteiger partial charge in [-0.3, -0.25) is 4.79 Å². The van der Waals surface area contributed by atoms with Crippen molar-refractivity contribution in [2.24, 2.45) is 0 Å². The van der Waals surface area contributed by atoms with Gasteiger partial charge in [0, 0.05) is 21.4 Å². The maximum atomic E-state index is 13.1. The number of carbonyl (C=O) groups is 1. The number of anilines is 2. The van der Waals surface area contributed by atoms with Gasteiger partial charge in [-0.15, -0.1) is 0 Å². The molecule has 1 amide bonds. The molecule has 3 N–H and O–H groups in total. The number of nitrogens with two attached hydrogens (primary N) is 1. The van der Waals surface area contributed by atoms with Crippen LogP contribution < -0.4 is 11.1 Å². The van der Waals surface area contributed by atoms with E-state index in [1.807, 2.05) is 0 Å². The van der Waals surface area contributed by atoms with Gasteiger partial charge in [-0.1, -0.05) is 15.9 Å². The third-order valence-electron chi connectivity index (χ3n) is 2.36. The van der Waals surface area contributed by atoms with E-state index in [-0.39, 0.29) is 11.7 Å². The molecule has 0 saturated carbocycles. The van der Waals surface area contributed by atoms with E-state index in [4.69, 9.17) is 5.73 Å². The minimum absolute atomic E-state index is 0.291. The molecule has 0 bridgehead atoms. The molecule has 2 aromatic carbocycles. The lowest BCUT2D eigenvalue weighted by molar-refractivity contribution is 0.102. The summed E-state index contributed by atoms with van der Waals surface area (Å²) in [6.07, 6.45) is 0. The summed E-state index contributed by atoms with van der Waals surface area (Å²) in [7, 11) is 0. The van der Waals surface area contributed by atoms with Gasteiger partial charge in [0.15, 0.2) is 0 Å². The first-order valence-corrected chi connectivity index (χ1v) is 6.87. The number of benzene rings is 2. The fourth-order valence-electron chi connectivity index (χ4n) is 1.52. The molecule has 0 aliphatic rings. The highest BCUT2D eigenvalue weighted by Gasteiger charge is 2.09. The highest BCUT2D eigenvalue weighted by Crippen LogP contribution is 2.22. The van der Waals surface area contributed by atoms with Crippen molar-refractivity contribution in [2.45, 2.75) is 0 Å². The first-order chi connectivity index (χ1) is 8.95. The third kappa shape index (κ3) is 3.54. The predicted octanol–water partition coefficient (Wildman–Crippen LogP) is 4.19. The first kappa shape index (κ1) is 14.0. The second-order valence-electron chi connectivity index (χ2n) is 3.86. The van der Waals surface area contributed by atoms with E-state index in [9.17, 15) is 9.18 Å². The Morgan fingerprint density at radius 1 is 1.16 bits per heavy atom. The number of carbonyl (C=O) groups excluding carboxylic acids is 1. The lowest BCUT2D eigenvalue weighted by Crippen LogP contribution is -2.12. The second-order valence-corrected chi connectivity index (χ2v) is 5.63. The van der Waals surface area contributed by atoms with Gasteiger partial charge in [-0.05, 0) is 52.3 Å². The summed E-state index contributed by atoms with van der Waals surface area (Å²) < 4.78 is 14.1. The maximum Gasteiger partial charge on any atom is 0.255 e. The van der Waals surface area contributed by atoms with E-state index in [1.54, 1.807) is 18.2 Å². The number of hydrogen-bond acceptors (Lipinski definition) is 2. The fourth-order valence-corrected chi connectivity index (χ4v) is 2.41. The van der Waals surface area contributed by atoms with Crippen LogP contribution in [0.5, 0.6) is 0 Å². The number of halogens is 3. The zero-order valence-electron chi connectivity index (χ0n) is 9.58. The van der Waals surface area contributed by atoms with Crippen LogP contribution in [-0.2, 0) is 0 Å². The molecule has 19 heavy (non-hydrogen) atoms. The highest BCUT2D eigenvalue weighted by atomic mass is 79.9. The van der Waals surface area contributed by atoms with Crippen LogP contribution in [0.3, 0.4) is 0 Å². The van der Waals surface area contributed by atoms with Crippen molar-refractivity contribution in [3.05, 3.63) is 56.7 Å². The van der Waals surface area contributed by atoms with Crippen LogP contribution in [0.15, 0.2) is 45.3 Å². The topological polar surface area (TPSA) is 55.1 Å². The molecule has 0 spiro atoms. The molecular weight excluding hydrogens is 379 g/mol. The van der Waals surface area contributed by atoms with Gasteiger partial charge in [0.1, 0.15) is 5.82 Å². The minimum atomic E-state index is -0.385. The maximum absolute atomic E-state index is 13.1. The average Bonchev–Trinajstić information content (AvgIpc) is 2.32. The predicted molar refractivity (Wildman–Crippen MR) is 80.6 cm³/mol. The standard InChI is InChI=1S/C13H9Br2FN2O/c14-8-3-7(4-9(17)5-8)13(19)18-10-1-2-12(16)11(15)6-10/h1-6H,17H2,(H,18,19). The Labute approximate surface area is 126 Å². The van der Waals surface area contributed by atoms with Gasteiger partial charge in [0.25, 0.3) is 5.91 Å². The zero-order chi connectivity index (χ0) is 14.0. The monoisotopic (exact) mass is 386 g/mol.